The number of pyridine rings is 2. The van der Waals surface area contributed by atoms with Crippen molar-refractivity contribution in [3.8, 4) is 5.88 Å². The number of nitrogens with one attached hydrogen (secondary N) is 2. The van der Waals surface area contributed by atoms with Crippen molar-refractivity contribution in [2.24, 2.45) is 0 Å². The van der Waals surface area contributed by atoms with E-state index in [4.69, 9.17) is 21.4 Å². The van der Waals surface area contributed by atoms with Crippen LogP contribution in [0.4, 0.5) is 5.69 Å². The number of hydrogen-bond acceptors (Lipinski definition) is 6. The Bertz CT molecular complexity index is 880. The molecule has 0 unspecified atom stereocenters. The second-order valence-corrected chi connectivity index (χ2v) is 6.06. The van der Waals surface area contributed by atoms with Crippen LogP contribution >= 0.6 is 36.4 Å². The number of halogens is 3. The summed E-state index contributed by atoms with van der Waals surface area (Å²) in [5, 5.41) is 17.1. The number of fused-ring (bicyclic) bond motifs is 2. The fourth-order valence-electron chi connectivity index (χ4n) is 2.70. The average Bonchev–Trinajstić information content (AvgIpc) is 2.63. The maximum atomic E-state index is 8.79. The third-order valence-electron chi connectivity index (χ3n) is 3.89. The van der Waals surface area contributed by atoms with E-state index in [2.05, 4.69) is 20.6 Å². The van der Waals surface area contributed by atoms with Gasteiger partial charge < -0.3 is 20.5 Å². The quantitative estimate of drug-likeness (QED) is 0.371. The SMILES string of the molecule is COc1ccc2nc3cc(Cl)ccc3c(NCCCNCCO)c2n1.Cl.Cl. The first-order chi connectivity index (χ1) is 12.2. The largest absolute Gasteiger partial charge is 0.481 e. The highest BCUT2D eigenvalue weighted by atomic mass is 35.5. The molecule has 2 aromatic heterocycles. The zero-order valence-corrected chi connectivity index (χ0v) is 17.3. The van der Waals surface area contributed by atoms with Gasteiger partial charge in [-0.05, 0) is 37.2 Å². The summed E-state index contributed by atoms with van der Waals surface area (Å²) in [7, 11) is 1.60. The summed E-state index contributed by atoms with van der Waals surface area (Å²) in [6, 6.07) is 9.36. The van der Waals surface area contributed by atoms with E-state index in [1.165, 1.54) is 0 Å². The molecule has 0 atom stereocenters. The second kappa shape index (κ2) is 11.3. The van der Waals surface area contributed by atoms with Gasteiger partial charge in [0.1, 0.15) is 5.52 Å². The number of ether oxygens (including phenoxy) is 1. The molecule has 6 nitrogen and oxygen atoms in total. The number of aliphatic hydroxyl groups is 1. The molecule has 1 aromatic carbocycles. The third-order valence-corrected chi connectivity index (χ3v) is 4.12. The molecule has 0 aliphatic heterocycles. The molecule has 0 aliphatic rings. The van der Waals surface area contributed by atoms with E-state index in [-0.39, 0.29) is 31.4 Å². The second-order valence-electron chi connectivity index (χ2n) is 5.62. The lowest BCUT2D eigenvalue weighted by Gasteiger charge is -2.13. The molecule has 0 amide bonds. The maximum absolute atomic E-state index is 8.79. The van der Waals surface area contributed by atoms with Crippen LogP contribution in [0.15, 0.2) is 30.3 Å². The van der Waals surface area contributed by atoms with Crippen molar-refractivity contribution in [3.05, 3.63) is 35.4 Å². The van der Waals surface area contributed by atoms with Gasteiger partial charge >= 0.3 is 0 Å². The number of nitrogens with zero attached hydrogens (tertiary/aromatic N) is 2. The molecular formula is C18H23Cl3N4O2. The Kier molecular flexibility index (Phi) is 9.83. The van der Waals surface area contributed by atoms with Gasteiger partial charge in [-0.2, -0.15) is 0 Å². The molecule has 0 saturated carbocycles. The van der Waals surface area contributed by atoms with Gasteiger partial charge in [-0.15, -0.1) is 24.8 Å². The van der Waals surface area contributed by atoms with Gasteiger partial charge in [0.2, 0.25) is 5.88 Å². The van der Waals surface area contributed by atoms with Crippen molar-refractivity contribution < 1.29 is 9.84 Å². The minimum absolute atomic E-state index is 0. The molecular weight excluding hydrogens is 411 g/mol. The number of aromatic nitrogens is 2. The fraction of sp³-hybridized carbons (Fsp3) is 0.333. The summed E-state index contributed by atoms with van der Waals surface area (Å²) < 4.78 is 5.26. The molecule has 9 heteroatoms. The molecule has 0 aliphatic carbocycles. The van der Waals surface area contributed by atoms with E-state index in [9.17, 15) is 0 Å². The molecule has 3 N–H and O–H groups in total. The zero-order chi connectivity index (χ0) is 17.6. The first-order valence-corrected chi connectivity index (χ1v) is 8.60. The van der Waals surface area contributed by atoms with E-state index < -0.39 is 0 Å². The zero-order valence-electron chi connectivity index (χ0n) is 14.9. The van der Waals surface area contributed by atoms with Crippen molar-refractivity contribution in [2.75, 3.05) is 38.7 Å². The van der Waals surface area contributed by atoms with Crippen LogP contribution in [0, 0.1) is 0 Å². The highest BCUT2D eigenvalue weighted by Crippen LogP contribution is 2.32. The molecule has 0 fully saturated rings. The predicted molar refractivity (Wildman–Crippen MR) is 116 cm³/mol. The molecule has 3 aromatic rings. The number of aliphatic hydroxyl groups excluding tert-OH is 1. The number of hydrogen-bond donors (Lipinski definition) is 3. The van der Waals surface area contributed by atoms with Crippen molar-refractivity contribution in [2.45, 2.75) is 6.42 Å². The van der Waals surface area contributed by atoms with Crippen molar-refractivity contribution >= 4 is 64.0 Å². The van der Waals surface area contributed by atoms with Crippen LogP contribution in [0.3, 0.4) is 0 Å². The molecule has 0 spiro atoms. The predicted octanol–water partition coefficient (Wildman–Crippen LogP) is 3.67. The van der Waals surface area contributed by atoms with Crippen molar-refractivity contribution in [1.82, 2.24) is 15.3 Å². The molecule has 0 bridgehead atoms. The lowest BCUT2D eigenvalue weighted by molar-refractivity contribution is 0.292. The highest BCUT2D eigenvalue weighted by molar-refractivity contribution is 6.31. The minimum Gasteiger partial charge on any atom is -0.481 e. The standard InChI is InChI=1S/C18H21ClN4O2.2ClH/c1-25-16-6-5-14-18(23-16)17(21-8-2-7-20-9-10-24)13-4-3-12(19)11-15(13)22-14;;/h3-6,11,20,24H,2,7-10H2,1H3,(H,21,22);2*1H. The van der Waals surface area contributed by atoms with E-state index in [0.717, 1.165) is 47.1 Å². The van der Waals surface area contributed by atoms with Gasteiger partial charge in [0.15, 0.2) is 0 Å². The van der Waals surface area contributed by atoms with E-state index in [1.807, 2.05) is 24.3 Å². The number of anilines is 1. The first-order valence-electron chi connectivity index (χ1n) is 8.22. The summed E-state index contributed by atoms with van der Waals surface area (Å²) in [5.74, 6) is 0.551. The number of benzene rings is 1. The number of methoxy groups -OCH3 is 1. The van der Waals surface area contributed by atoms with Crippen LogP contribution in [0.5, 0.6) is 5.88 Å². The topological polar surface area (TPSA) is 79.3 Å². The van der Waals surface area contributed by atoms with Gasteiger partial charge in [0.05, 0.1) is 30.4 Å². The van der Waals surface area contributed by atoms with E-state index >= 15 is 0 Å². The van der Waals surface area contributed by atoms with Crippen LogP contribution in [-0.4, -0.2) is 48.4 Å². The van der Waals surface area contributed by atoms with Gasteiger partial charge in [-0.3, -0.25) is 0 Å². The Morgan fingerprint density at radius 2 is 1.85 bits per heavy atom. The number of rotatable bonds is 8. The van der Waals surface area contributed by atoms with Gasteiger partial charge in [0, 0.05) is 29.6 Å². The lowest BCUT2D eigenvalue weighted by Crippen LogP contribution is -2.21. The van der Waals surface area contributed by atoms with Gasteiger partial charge in [0.25, 0.3) is 0 Å². The average molecular weight is 434 g/mol. The van der Waals surface area contributed by atoms with E-state index in [0.29, 0.717) is 17.4 Å². The Hall–Kier alpha value is -1.57. The van der Waals surface area contributed by atoms with Crippen LogP contribution in [0.1, 0.15) is 6.42 Å². The Morgan fingerprint density at radius 3 is 2.59 bits per heavy atom. The molecule has 0 radical (unpaired) electrons. The van der Waals surface area contributed by atoms with Crippen molar-refractivity contribution in [1.29, 1.82) is 0 Å². The maximum Gasteiger partial charge on any atom is 0.213 e. The fourth-order valence-corrected chi connectivity index (χ4v) is 2.86. The Morgan fingerprint density at radius 1 is 1.04 bits per heavy atom. The molecule has 2 heterocycles. The van der Waals surface area contributed by atoms with Gasteiger partial charge in [-0.1, -0.05) is 11.6 Å². The monoisotopic (exact) mass is 432 g/mol. The summed E-state index contributed by atoms with van der Waals surface area (Å²) in [6.45, 7) is 2.36. The summed E-state index contributed by atoms with van der Waals surface area (Å²) in [6.07, 6.45) is 0.920. The lowest BCUT2D eigenvalue weighted by atomic mass is 10.1. The normalized spacial score (nSPS) is 10.3. The molecule has 0 saturated heterocycles. The highest BCUT2D eigenvalue weighted by Gasteiger charge is 2.11. The smallest absolute Gasteiger partial charge is 0.213 e. The van der Waals surface area contributed by atoms with Gasteiger partial charge in [-0.25, -0.2) is 9.97 Å². The van der Waals surface area contributed by atoms with Crippen LogP contribution < -0.4 is 15.4 Å². The molecule has 27 heavy (non-hydrogen) atoms. The molecule has 148 valence electrons. The Balaban J connectivity index is 0.00000182. The summed E-state index contributed by atoms with van der Waals surface area (Å²) in [5.41, 5.74) is 3.32. The minimum atomic E-state index is 0. The third kappa shape index (κ3) is 5.70. The molecule has 3 rings (SSSR count). The Labute approximate surface area is 175 Å². The summed E-state index contributed by atoms with van der Waals surface area (Å²) in [4.78, 5) is 9.23. The van der Waals surface area contributed by atoms with Crippen LogP contribution in [0.2, 0.25) is 5.02 Å². The summed E-state index contributed by atoms with van der Waals surface area (Å²) >= 11 is 6.12. The van der Waals surface area contributed by atoms with Crippen molar-refractivity contribution in [3.63, 3.8) is 0 Å². The van der Waals surface area contributed by atoms with E-state index in [1.54, 1.807) is 13.2 Å². The van der Waals surface area contributed by atoms with Crippen LogP contribution in [0.25, 0.3) is 21.9 Å². The van der Waals surface area contributed by atoms with Crippen LogP contribution in [-0.2, 0) is 0 Å². The first kappa shape index (κ1) is 23.5.